The number of amides is 3. The molecule has 3 N–H and O–H groups in total. The first-order chi connectivity index (χ1) is 21.1. The molecule has 1 aliphatic heterocycles. The van der Waals surface area contributed by atoms with E-state index in [1.54, 1.807) is 0 Å². The number of hydrogen-bond donors (Lipinski definition) is 3. The Balaban J connectivity index is 2.68. The second kappa shape index (κ2) is 18.1. The van der Waals surface area contributed by atoms with E-state index in [2.05, 4.69) is 10.6 Å². The molecule has 0 spiro atoms. The molecule has 45 heavy (non-hydrogen) atoms. The van der Waals surface area contributed by atoms with Gasteiger partial charge in [0.05, 0.1) is 48.7 Å². The third-order valence-electron chi connectivity index (χ3n) is 6.15. The number of hydrogen-bond acceptors (Lipinski definition) is 12. The summed E-state index contributed by atoms with van der Waals surface area (Å²) in [6, 6.07) is -2.55. The predicted molar refractivity (Wildman–Crippen MR) is 181 cm³/mol. The van der Waals surface area contributed by atoms with E-state index in [0.29, 0.717) is 13.6 Å². The molecule has 1 aliphatic rings. The van der Waals surface area contributed by atoms with Gasteiger partial charge in [0.15, 0.2) is 0 Å². The lowest BCUT2D eigenvalue weighted by Gasteiger charge is -2.29. The van der Waals surface area contributed by atoms with Crippen LogP contribution in [0.15, 0.2) is 0 Å². The van der Waals surface area contributed by atoms with Crippen molar-refractivity contribution in [1.82, 2.24) is 10.6 Å². The number of halogens is 3. The molecular formula is C27H32I3N3O12. The zero-order valence-corrected chi connectivity index (χ0v) is 31.2. The Bertz CT molecular complexity index is 1240. The van der Waals surface area contributed by atoms with Crippen molar-refractivity contribution in [3.05, 3.63) is 21.8 Å². The number of nitrogens with one attached hydrogen (secondary N) is 2. The van der Waals surface area contributed by atoms with Crippen LogP contribution in [0.2, 0.25) is 0 Å². The minimum atomic E-state index is -0.965. The number of carbonyl (C=O) groups excluding carboxylic acids is 7. The Kier molecular flexibility index (Phi) is 15.6. The highest BCUT2D eigenvalue weighted by Crippen LogP contribution is 2.41. The summed E-state index contributed by atoms with van der Waals surface area (Å²) in [5, 5.41) is 15.4. The maximum Gasteiger partial charge on any atom is 0.302 e. The highest BCUT2D eigenvalue weighted by atomic mass is 127. The molecule has 1 aromatic carbocycles. The first-order valence-corrected chi connectivity index (χ1v) is 16.6. The van der Waals surface area contributed by atoms with Gasteiger partial charge in [0.1, 0.15) is 26.4 Å². The highest BCUT2D eigenvalue weighted by molar-refractivity contribution is 14.1. The lowest BCUT2D eigenvalue weighted by Crippen LogP contribution is -2.45. The van der Waals surface area contributed by atoms with Gasteiger partial charge in [-0.1, -0.05) is 0 Å². The van der Waals surface area contributed by atoms with Crippen LogP contribution in [0.25, 0.3) is 0 Å². The number of esters is 4. The molecule has 0 aliphatic carbocycles. The smallest absolute Gasteiger partial charge is 0.302 e. The van der Waals surface area contributed by atoms with Crippen LogP contribution in [0, 0.1) is 10.7 Å². The van der Waals surface area contributed by atoms with Crippen LogP contribution in [-0.2, 0) is 42.9 Å². The van der Waals surface area contributed by atoms with E-state index >= 15 is 0 Å². The molecule has 1 heterocycles. The van der Waals surface area contributed by atoms with Crippen LogP contribution in [0.4, 0.5) is 5.69 Å². The number of benzene rings is 1. The highest BCUT2D eigenvalue weighted by Gasteiger charge is 2.38. The molecule has 0 radical (unpaired) electrons. The third kappa shape index (κ3) is 11.2. The topological polar surface area (TPSA) is 204 Å². The molecule has 18 heteroatoms. The number of anilines is 1. The van der Waals surface area contributed by atoms with Gasteiger partial charge in [-0.15, -0.1) is 0 Å². The van der Waals surface area contributed by atoms with E-state index in [4.69, 9.17) is 18.9 Å². The summed E-state index contributed by atoms with van der Waals surface area (Å²) in [6.45, 7) is 3.04. The van der Waals surface area contributed by atoms with E-state index in [-0.39, 0.29) is 65.7 Å². The van der Waals surface area contributed by atoms with E-state index < -0.39 is 53.8 Å². The van der Waals surface area contributed by atoms with Crippen LogP contribution in [-0.4, -0.2) is 97.9 Å². The molecule has 2 rings (SSSR count). The first-order valence-electron chi connectivity index (χ1n) is 13.4. The van der Waals surface area contributed by atoms with Crippen molar-refractivity contribution in [3.8, 4) is 0 Å². The quantitative estimate of drug-likeness (QED) is 0.138. The Labute approximate surface area is 299 Å². The van der Waals surface area contributed by atoms with Gasteiger partial charge >= 0.3 is 23.9 Å². The summed E-state index contributed by atoms with van der Waals surface area (Å²) in [4.78, 5) is 87.9. The molecule has 15 nitrogen and oxygen atoms in total. The average Bonchev–Trinajstić information content (AvgIpc) is 3.31. The van der Waals surface area contributed by atoms with Crippen LogP contribution >= 0.6 is 67.8 Å². The van der Waals surface area contributed by atoms with Gasteiger partial charge in [0.25, 0.3) is 11.8 Å². The van der Waals surface area contributed by atoms with Crippen LogP contribution in [0.1, 0.15) is 61.3 Å². The van der Waals surface area contributed by atoms with Gasteiger partial charge in [-0.05, 0) is 74.2 Å². The third-order valence-corrected chi connectivity index (χ3v) is 9.33. The maximum atomic E-state index is 13.8. The molecule has 1 aromatic rings. The SMILES string of the molecule is CC(=O)OCC(COC(C)=O)NC(=O)c1c(I)c(C(=O)NC(COC(C)=O)COC(C)=O)c(I)c(N2C(=O)CCC2CO)c1I. The largest absolute Gasteiger partial charge is 0.464 e. The summed E-state index contributed by atoms with van der Waals surface area (Å²) < 4.78 is 20.8. The standard InChI is InChI=1S/C27H32I3N3O12/c1-12(35)42-8-16(9-43-13(2)36)31-26(40)20-22(28)21(27(41)32-17(10-44-14(3)37)11-45-15(4)38)24(30)25(23(20)29)33-18(7-34)5-6-19(33)39/h16-18,34H,5-11H2,1-4H3,(H,31,40)(H,32,41). The summed E-state index contributed by atoms with van der Waals surface area (Å²) in [6.07, 6.45) is 0.475. The number of aliphatic hydroxyl groups is 1. The first kappa shape index (κ1) is 38.8. The Morgan fingerprint density at radius 2 is 1.09 bits per heavy atom. The van der Waals surface area contributed by atoms with Gasteiger partial charge in [-0.3, -0.25) is 33.6 Å². The van der Waals surface area contributed by atoms with E-state index in [9.17, 15) is 38.7 Å². The lowest BCUT2D eigenvalue weighted by atomic mass is 10.1. The summed E-state index contributed by atoms with van der Waals surface area (Å²) in [5.74, 6) is -4.30. The molecule has 1 saturated heterocycles. The molecule has 1 unspecified atom stereocenters. The fourth-order valence-corrected chi connectivity index (χ4v) is 8.80. The number of nitrogens with zero attached hydrogens (tertiary/aromatic N) is 1. The maximum absolute atomic E-state index is 13.8. The zero-order valence-electron chi connectivity index (χ0n) is 24.7. The monoisotopic (exact) mass is 971 g/mol. The van der Waals surface area contributed by atoms with Crippen molar-refractivity contribution in [2.75, 3.05) is 37.9 Å². The molecule has 3 amide bonds. The van der Waals surface area contributed by atoms with Gasteiger partial charge < -0.3 is 39.6 Å². The van der Waals surface area contributed by atoms with Gasteiger partial charge in [0.2, 0.25) is 5.91 Å². The molecule has 0 aromatic heterocycles. The minimum absolute atomic E-state index is 0.0136. The van der Waals surface area contributed by atoms with Crippen molar-refractivity contribution >= 4 is 115 Å². The predicted octanol–water partition coefficient (Wildman–Crippen LogP) is 1.44. The van der Waals surface area contributed by atoms with Crippen LogP contribution in [0.3, 0.4) is 0 Å². The molecule has 0 bridgehead atoms. The Hall–Kier alpha value is -2.34. The van der Waals surface area contributed by atoms with E-state index in [0.717, 1.165) is 0 Å². The molecular weight excluding hydrogens is 939 g/mol. The van der Waals surface area contributed by atoms with Crippen LogP contribution < -0.4 is 15.5 Å². The number of rotatable bonds is 14. The van der Waals surface area contributed by atoms with Crippen molar-refractivity contribution in [3.63, 3.8) is 0 Å². The number of carbonyl (C=O) groups is 7. The molecule has 248 valence electrons. The summed E-state index contributed by atoms with van der Waals surface area (Å²) >= 11 is 5.59. The Morgan fingerprint density at radius 1 is 0.733 bits per heavy atom. The normalized spacial score (nSPS) is 14.3. The number of ether oxygens (including phenoxy) is 4. The van der Waals surface area contributed by atoms with E-state index in [1.807, 2.05) is 67.8 Å². The fourth-order valence-electron chi connectivity index (χ4n) is 4.13. The van der Waals surface area contributed by atoms with Crippen LogP contribution in [0.5, 0.6) is 0 Å². The van der Waals surface area contributed by atoms with Gasteiger partial charge in [-0.25, -0.2) is 0 Å². The van der Waals surface area contributed by atoms with Crippen molar-refractivity contribution < 1.29 is 57.6 Å². The minimum Gasteiger partial charge on any atom is -0.464 e. The summed E-state index contributed by atoms with van der Waals surface area (Å²) in [5.41, 5.74) is 0.196. The van der Waals surface area contributed by atoms with Gasteiger partial charge in [0, 0.05) is 37.7 Å². The molecule has 1 atom stereocenters. The molecule has 0 saturated carbocycles. The second-order valence-electron chi connectivity index (χ2n) is 9.73. The van der Waals surface area contributed by atoms with Crippen molar-refractivity contribution in [2.24, 2.45) is 0 Å². The number of aliphatic hydroxyl groups excluding tert-OH is 1. The fraction of sp³-hybridized carbons (Fsp3) is 0.519. The summed E-state index contributed by atoms with van der Waals surface area (Å²) in [7, 11) is 0. The lowest BCUT2D eigenvalue weighted by molar-refractivity contribution is -0.146. The second-order valence-corrected chi connectivity index (χ2v) is 13.0. The van der Waals surface area contributed by atoms with Crippen molar-refractivity contribution in [1.29, 1.82) is 0 Å². The zero-order chi connectivity index (χ0) is 34.0. The van der Waals surface area contributed by atoms with Crippen molar-refractivity contribution in [2.45, 2.75) is 58.7 Å². The van der Waals surface area contributed by atoms with E-state index in [1.165, 1.54) is 32.6 Å². The Morgan fingerprint density at radius 3 is 1.40 bits per heavy atom. The van der Waals surface area contributed by atoms with Gasteiger partial charge in [-0.2, -0.15) is 0 Å². The molecule has 1 fully saturated rings. The average molecular weight is 971 g/mol.